The average Bonchev–Trinajstić information content (AvgIpc) is 2.18. The molecule has 1 aromatic rings. The van der Waals surface area contributed by atoms with Crippen molar-refractivity contribution in [2.75, 3.05) is 13.7 Å². The summed E-state index contributed by atoms with van der Waals surface area (Å²) in [6.07, 6.45) is 4.12. The molecule has 0 saturated heterocycles. The smallest absolute Gasteiger partial charge is 0.115 e. The van der Waals surface area contributed by atoms with Gasteiger partial charge in [-0.1, -0.05) is 6.92 Å². The van der Waals surface area contributed by atoms with Gasteiger partial charge in [0.15, 0.2) is 0 Å². The third kappa shape index (κ3) is 2.75. The number of aliphatic hydroxyl groups is 1. The van der Waals surface area contributed by atoms with Crippen molar-refractivity contribution in [3.8, 4) is 0 Å². The van der Waals surface area contributed by atoms with Crippen molar-refractivity contribution in [3.63, 3.8) is 0 Å². The minimum atomic E-state index is -0.554. The number of methoxy groups -OCH3 is 1. The van der Waals surface area contributed by atoms with E-state index >= 15 is 0 Å². The Morgan fingerprint density at radius 3 is 2.62 bits per heavy atom. The van der Waals surface area contributed by atoms with Gasteiger partial charge in [-0.3, -0.25) is 0 Å². The van der Waals surface area contributed by atoms with Gasteiger partial charge in [0, 0.05) is 31.0 Å². The van der Waals surface area contributed by atoms with Crippen LogP contribution in [0, 0.1) is 5.92 Å². The summed E-state index contributed by atoms with van der Waals surface area (Å²) < 4.78 is 4.95. The van der Waals surface area contributed by atoms with Crippen molar-refractivity contribution in [1.82, 2.24) is 9.97 Å². The summed E-state index contributed by atoms with van der Waals surface area (Å²) in [7, 11) is 1.62. The van der Waals surface area contributed by atoms with E-state index in [1.54, 1.807) is 19.5 Å². The molecule has 0 aliphatic carbocycles. The molecule has 72 valence electrons. The van der Waals surface area contributed by atoms with E-state index in [1.807, 2.05) is 6.92 Å². The van der Waals surface area contributed by atoms with Crippen LogP contribution in [-0.4, -0.2) is 28.8 Å². The maximum atomic E-state index is 9.76. The number of rotatable bonds is 4. The predicted molar refractivity (Wildman–Crippen MR) is 48.0 cm³/mol. The number of hydrogen-bond donors (Lipinski definition) is 1. The highest BCUT2D eigenvalue weighted by molar-refractivity contribution is 5.07. The number of ether oxygens (including phenoxy) is 1. The molecule has 0 aliphatic rings. The monoisotopic (exact) mass is 182 g/mol. The van der Waals surface area contributed by atoms with Crippen LogP contribution in [0.4, 0.5) is 0 Å². The second-order valence-electron chi connectivity index (χ2n) is 3.05. The molecule has 0 saturated carbocycles. The SMILES string of the molecule is COCC(C)C(O)c1cncnc1. The molecule has 0 bridgehead atoms. The third-order valence-electron chi connectivity index (χ3n) is 1.89. The van der Waals surface area contributed by atoms with Crippen LogP contribution < -0.4 is 0 Å². The first-order chi connectivity index (χ1) is 6.25. The summed E-state index contributed by atoms with van der Waals surface area (Å²) in [6, 6.07) is 0. The van der Waals surface area contributed by atoms with Gasteiger partial charge in [-0.15, -0.1) is 0 Å². The van der Waals surface area contributed by atoms with Gasteiger partial charge in [0.05, 0.1) is 12.7 Å². The second-order valence-corrected chi connectivity index (χ2v) is 3.05. The van der Waals surface area contributed by atoms with Gasteiger partial charge >= 0.3 is 0 Å². The Labute approximate surface area is 77.6 Å². The molecular formula is C9H14N2O2. The number of nitrogens with zero attached hydrogens (tertiary/aromatic N) is 2. The Morgan fingerprint density at radius 1 is 1.46 bits per heavy atom. The molecule has 2 atom stereocenters. The lowest BCUT2D eigenvalue weighted by Gasteiger charge is -2.17. The molecule has 0 radical (unpaired) electrons. The molecule has 0 amide bonds. The quantitative estimate of drug-likeness (QED) is 0.748. The zero-order valence-corrected chi connectivity index (χ0v) is 7.84. The van der Waals surface area contributed by atoms with E-state index in [0.717, 1.165) is 5.56 Å². The van der Waals surface area contributed by atoms with Gasteiger partial charge in [0.2, 0.25) is 0 Å². The summed E-state index contributed by atoms with van der Waals surface area (Å²) in [5, 5.41) is 9.76. The van der Waals surface area contributed by atoms with Crippen molar-refractivity contribution in [2.45, 2.75) is 13.0 Å². The van der Waals surface area contributed by atoms with Crippen molar-refractivity contribution in [2.24, 2.45) is 5.92 Å². The maximum absolute atomic E-state index is 9.76. The van der Waals surface area contributed by atoms with Crippen LogP contribution in [0.5, 0.6) is 0 Å². The standard InChI is InChI=1S/C9H14N2O2/c1-7(5-13-2)9(12)8-3-10-6-11-4-8/h3-4,6-7,9,12H,5H2,1-2H3. The molecule has 1 aromatic heterocycles. The van der Waals surface area contributed by atoms with Gasteiger partial charge in [-0.2, -0.15) is 0 Å². The predicted octanol–water partition coefficient (Wildman–Crippen LogP) is 0.793. The first-order valence-electron chi connectivity index (χ1n) is 4.17. The number of aromatic nitrogens is 2. The second kappa shape index (κ2) is 4.89. The lowest BCUT2D eigenvalue weighted by Crippen LogP contribution is -2.14. The molecule has 0 spiro atoms. The topological polar surface area (TPSA) is 55.2 Å². The summed E-state index contributed by atoms with van der Waals surface area (Å²) in [6.45, 7) is 2.44. The molecular weight excluding hydrogens is 168 g/mol. The molecule has 4 heteroatoms. The minimum Gasteiger partial charge on any atom is -0.388 e. The van der Waals surface area contributed by atoms with Gasteiger partial charge < -0.3 is 9.84 Å². The zero-order chi connectivity index (χ0) is 9.68. The summed E-state index contributed by atoms with van der Waals surface area (Å²) >= 11 is 0. The summed E-state index contributed by atoms with van der Waals surface area (Å²) in [5.41, 5.74) is 0.729. The zero-order valence-electron chi connectivity index (χ0n) is 7.84. The maximum Gasteiger partial charge on any atom is 0.115 e. The fraction of sp³-hybridized carbons (Fsp3) is 0.556. The molecule has 13 heavy (non-hydrogen) atoms. The van der Waals surface area contributed by atoms with E-state index in [1.165, 1.54) is 6.33 Å². The first kappa shape index (κ1) is 10.1. The van der Waals surface area contributed by atoms with E-state index in [9.17, 15) is 5.11 Å². The molecule has 1 heterocycles. The Kier molecular flexibility index (Phi) is 3.79. The molecule has 4 nitrogen and oxygen atoms in total. The van der Waals surface area contributed by atoms with Gasteiger partial charge in [-0.25, -0.2) is 9.97 Å². The van der Waals surface area contributed by atoms with E-state index in [2.05, 4.69) is 9.97 Å². The van der Waals surface area contributed by atoms with Crippen LogP contribution in [0.25, 0.3) is 0 Å². The van der Waals surface area contributed by atoms with Crippen LogP contribution in [0.15, 0.2) is 18.7 Å². The van der Waals surface area contributed by atoms with E-state index < -0.39 is 6.10 Å². The van der Waals surface area contributed by atoms with E-state index in [4.69, 9.17) is 4.74 Å². The fourth-order valence-electron chi connectivity index (χ4n) is 1.15. The Hall–Kier alpha value is -1.00. The molecule has 1 rings (SSSR count). The molecule has 0 fully saturated rings. The minimum absolute atomic E-state index is 0.0519. The van der Waals surface area contributed by atoms with Crippen molar-refractivity contribution >= 4 is 0 Å². The highest BCUT2D eigenvalue weighted by atomic mass is 16.5. The highest BCUT2D eigenvalue weighted by Crippen LogP contribution is 2.19. The molecule has 0 aromatic carbocycles. The van der Waals surface area contributed by atoms with E-state index in [-0.39, 0.29) is 5.92 Å². The lowest BCUT2D eigenvalue weighted by molar-refractivity contribution is 0.0562. The lowest BCUT2D eigenvalue weighted by atomic mass is 10.0. The molecule has 2 unspecified atom stereocenters. The fourth-order valence-corrected chi connectivity index (χ4v) is 1.15. The third-order valence-corrected chi connectivity index (χ3v) is 1.89. The summed E-state index contributed by atoms with van der Waals surface area (Å²) in [4.78, 5) is 7.67. The van der Waals surface area contributed by atoms with E-state index in [0.29, 0.717) is 6.61 Å². The normalized spacial score (nSPS) is 15.3. The number of hydrogen-bond acceptors (Lipinski definition) is 4. The number of aliphatic hydroxyl groups excluding tert-OH is 1. The highest BCUT2D eigenvalue weighted by Gasteiger charge is 2.16. The largest absolute Gasteiger partial charge is 0.388 e. The van der Waals surface area contributed by atoms with Gasteiger partial charge in [0.25, 0.3) is 0 Å². The Balaban J connectivity index is 2.62. The first-order valence-corrected chi connectivity index (χ1v) is 4.17. The molecule has 0 aliphatic heterocycles. The van der Waals surface area contributed by atoms with Crippen LogP contribution in [0.3, 0.4) is 0 Å². The van der Waals surface area contributed by atoms with Gasteiger partial charge in [-0.05, 0) is 0 Å². The van der Waals surface area contributed by atoms with Crippen molar-refractivity contribution < 1.29 is 9.84 Å². The van der Waals surface area contributed by atoms with Crippen LogP contribution >= 0.6 is 0 Å². The van der Waals surface area contributed by atoms with Crippen molar-refractivity contribution in [3.05, 3.63) is 24.3 Å². The Morgan fingerprint density at radius 2 is 2.08 bits per heavy atom. The van der Waals surface area contributed by atoms with Crippen LogP contribution in [0.1, 0.15) is 18.6 Å². The van der Waals surface area contributed by atoms with Crippen LogP contribution in [-0.2, 0) is 4.74 Å². The van der Waals surface area contributed by atoms with Gasteiger partial charge in [0.1, 0.15) is 6.33 Å². The van der Waals surface area contributed by atoms with Crippen LogP contribution in [0.2, 0.25) is 0 Å². The average molecular weight is 182 g/mol. The summed E-state index contributed by atoms with van der Waals surface area (Å²) in [5.74, 6) is 0.0519. The molecule has 1 N–H and O–H groups in total. The Bertz CT molecular complexity index is 241. The van der Waals surface area contributed by atoms with Crippen molar-refractivity contribution in [1.29, 1.82) is 0 Å².